The highest BCUT2D eigenvalue weighted by molar-refractivity contribution is 7.54. The van der Waals surface area contributed by atoms with Crippen molar-refractivity contribution in [1.29, 1.82) is 0 Å². The quantitative estimate of drug-likeness (QED) is 0.142. The molecule has 5 N–H and O–H groups in total. The Balaban J connectivity index is 1.63. The molecule has 0 saturated carbocycles. The van der Waals surface area contributed by atoms with Gasteiger partial charge in [0.05, 0.1) is 49.6 Å². The van der Waals surface area contributed by atoms with E-state index in [0.29, 0.717) is 0 Å². The number of aromatic nitrogens is 5. The largest absolute Gasteiger partial charge is 0.491 e. The van der Waals surface area contributed by atoms with E-state index in [0.717, 1.165) is 43.8 Å². The highest BCUT2D eigenvalue weighted by Gasteiger charge is 2.53. The minimum atomic E-state index is -4.31. The van der Waals surface area contributed by atoms with Gasteiger partial charge in [-0.25, -0.2) is 45.9 Å². The van der Waals surface area contributed by atoms with Crippen molar-refractivity contribution in [3.05, 3.63) is 54.2 Å². The van der Waals surface area contributed by atoms with Gasteiger partial charge in [0.15, 0.2) is 34.4 Å². The zero-order valence-electron chi connectivity index (χ0n) is 24.0. The number of pyridine rings is 1. The van der Waals surface area contributed by atoms with Gasteiger partial charge in [-0.1, -0.05) is 0 Å². The predicted molar refractivity (Wildman–Crippen MR) is 152 cm³/mol. The Morgan fingerprint density at radius 2 is 1.80 bits per heavy atom. The van der Waals surface area contributed by atoms with E-state index in [9.17, 15) is 32.1 Å². The molecule has 1 saturated heterocycles. The maximum absolute atomic E-state index is 15.0. The maximum atomic E-state index is 15.0. The number of rotatable bonds is 10. The van der Waals surface area contributed by atoms with Gasteiger partial charge in [0.2, 0.25) is 0 Å². The first kappa shape index (κ1) is 33.3. The van der Waals surface area contributed by atoms with Crippen LogP contribution in [-0.2, 0) is 15.6 Å². The average molecular weight is 677 g/mol. The molecule has 0 aliphatic carbocycles. The monoisotopic (exact) mass is 676 g/mol. The molecule has 5 rings (SSSR count). The number of fused-ring (bicyclic) bond motifs is 1. The number of halogens is 6. The van der Waals surface area contributed by atoms with Gasteiger partial charge < -0.3 is 29.9 Å². The van der Waals surface area contributed by atoms with Crippen molar-refractivity contribution in [3.63, 3.8) is 0 Å². The lowest BCUT2D eigenvalue weighted by Crippen LogP contribution is -2.68. The molecule has 3 atom stereocenters. The number of benzene rings is 1. The van der Waals surface area contributed by atoms with Crippen LogP contribution >= 0.6 is 7.75 Å². The maximum Gasteiger partial charge on any atom is 0.431 e. The van der Waals surface area contributed by atoms with Gasteiger partial charge in [-0.2, -0.15) is 0 Å². The number of methoxy groups -OCH3 is 1. The minimum absolute atomic E-state index is 0.00249. The molecular formula is C26H27F6N8O5P. The van der Waals surface area contributed by atoms with Crippen molar-refractivity contribution >= 4 is 30.4 Å². The molecule has 1 aliphatic heterocycles. The van der Waals surface area contributed by atoms with Crippen molar-refractivity contribution in [1.82, 2.24) is 24.5 Å². The molecule has 4 heterocycles. The summed E-state index contributed by atoms with van der Waals surface area (Å²) in [5, 5.41) is 12.3. The van der Waals surface area contributed by atoms with Crippen molar-refractivity contribution in [2.24, 2.45) is 5.73 Å². The molecule has 248 valence electrons. The third kappa shape index (κ3) is 6.59. The molecule has 0 bridgehead atoms. The van der Waals surface area contributed by atoms with Crippen LogP contribution in [0.1, 0.15) is 12.0 Å². The van der Waals surface area contributed by atoms with Crippen LogP contribution in [0.25, 0.3) is 22.4 Å². The summed E-state index contributed by atoms with van der Waals surface area (Å²) in [6, 6.07) is 3.24. The van der Waals surface area contributed by atoms with E-state index in [1.807, 2.05) is 0 Å². The molecule has 0 spiro atoms. The van der Waals surface area contributed by atoms with E-state index in [1.54, 1.807) is 0 Å². The molecular weight excluding hydrogens is 649 g/mol. The van der Waals surface area contributed by atoms with Crippen molar-refractivity contribution < 1.29 is 50.2 Å². The zero-order chi connectivity index (χ0) is 33.6. The number of imidazole rings is 1. The Labute approximate surface area is 256 Å². The van der Waals surface area contributed by atoms with E-state index in [-0.39, 0.29) is 46.0 Å². The SMILES string of the molecule is COc1c(F)cc(-c2cc(Cn3cnc4c(NP(=O)(O)OC)ncnc43)c(N3CC(F)(F)C[C@](N)([C@H](O)C(F)F)C3)cn2)cc1F. The summed E-state index contributed by atoms with van der Waals surface area (Å²) < 4.78 is 109. The molecule has 3 aromatic heterocycles. The fraction of sp³-hybridized carbons (Fsp3) is 0.385. The summed E-state index contributed by atoms with van der Waals surface area (Å²) in [5.41, 5.74) is 3.76. The Kier molecular flexibility index (Phi) is 8.91. The third-order valence-corrected chi connectivity index (χ3v) is 8.35. The lowest BCUT2D eigenvalue weighted by Gasteiger charge is -2.47. The number of aliphatic hydroxyl groups is 1. The van der Waals surface area contributed by atoms with Crippen molar-refractivity contribution in [2.45, 2.75) is 37.0 Å². The summed E-state index contributed by atoms with van der Waals surface area (Å²) in [6.45, 7) is -1.83. The molecule has 4 aromatic rings. The predicted octanol–water partition coefficient (Wildman–Crippen LogP) is 3.55. The summed E-state index contributed by atoms with van der Waals surface area (Å²) >= 11 is 0. The number of hydrogen-bond donors (Lipinski definition) is 4. The van der Waals surface area contributed by atoms with E-state index >= 15 is 8.78 Å². The standard InChI is InChI=1S/C26H27F6N8O5P/c1-44-20-15(27)3-13(4-16(20)28)17-5-14(7-39-12-37-19-23(35-11-36-24(19)39)38-46(42,43)45-2)18(6-34-17)40-9-25(33,21(41)22(29)30)8-26(31,32)10-40/h3-6,11-12,21-22,41H,7-10,33H2,1-2H3,(H2,35,36,38,42,43)/t21-,25-/m1/s1. The first-order valence-corrected chi connectivity index (χ1v) is 14.9. The Morgan fingerprint density at radius 3 is 2.43 bits per heavy atom. The van der Waals surface area contributed by atoms with Crippen LogP contribution in [0.3, 0.4) is 0 Å². The van der Waals surface area contributed by atoms with Gasteiger partial charge in [0.1, 0.15) is 12.4 Å². The second-order valence-corrected chi connectivity index (χ2v) is 12.3. The molecule has 0 amide bonds. The molecule has 1 unspecified atom stereocenters. The summed E-state index contributed by atoms with van der Waals surface area (Å²) in [5.74, 6) is -6.49. The molecule has 13 nitrogen and oxygen atoms in total. The highest BCUT2D eigenvalue weighted by Crippen LogP contribution is 2.42. The lowest BCUT2D eigenvalue weighted by atomic mass is 9.82. The van der Waals surface area contributed by atoms with Crippen LogP contribution in [0.5, 0.6) is 5.75 Å². The number of alkyl halides is 4. The Morgan fingerprint density at radius 1 is 1.11 bits per heavy atom. The number of anilines is 2. The fourth-order valence-electron chi connectivity index (χ4n) is 5.31. The number of piperidine rings is 1. The Bertz CT molecular complexity index is 1790. The number of nitrogens with one attached hydrogen (secondary N) is 1. The minimum Gasteiger partial charge on any atom is -0.491 e. The van der Waals surface area contributed by atoms with Crippen molar-refractivity contribution in [2.75, 3.05) is 37.3 Å². The van der Waals surface area contributed by atoms with Gasteiger partial charge in [-0.05, 0) is 23.8 Å². The second-order valence-electron chi connectivity index (χ2n) is 10.7. The van der Waals surface area contributed by atoms with Crippen molar-refractivity contribution in [3.8, 4) is 17.0 Å². The topological polar surface area (TPSA) is 174 Å². The number of nitrogens with two attached hydrogens (primary N) is 1. The fourth-order valence-corrected chi connectivity index (χ4v) is 5.83. The summed E-state index contributed by atoms with van der Waals surface area (Å²) in [6.07, 6.45) is -3.79. The van der Waals surface area contributed by atoms with Gasteiger partial charge in [0.25, 0.3) is 12.3 Å². The normalized spacial score (nSPS) is 20.1. The van der Waals surface area contributed by atoms with Gasteiger partial charge in [-0.3, -0.25) is 14.6 Å². The zero-order valence-corrected chi connectivity index (χ0v) is 24.9. The van der Waals surface area contributed by atoms with E-state index in [1.165, 1.54) is 17.0 Å². The van der Waals surface area contributed by atoms with Crippen LogP contribution in [0.15, 0.2) is 37.1 Å². The number of nitrogens with zero attached hydrogens (tertiary/aromatic N) is 6. The number of hydrogen-bond acceptors (Lipinski definition) is 10. The first-order valence-electron chi connectivity index (χ1n) is 13.3. The third-order valence-electron chi connectivity index (χ3n) is 7.36. The smallest absolute Gasteiger partial charge is 0.431 e. The lowest BCUT2D eigenvalue weighted by molar-refractivity contribution is -0.102. The number of ether oxygens (including phenoxy) is 1. The van der Waals surface area contributed by atoms with Crippen LogP contribution in [0, 0.1) is 11.6 Å². The molecule has 46 heavy (non-hydrogen) atoms. The van der Waals surface area contributed by atoms with E-state index in [2.05, 4.69) is 29.5 Å². The molecule has 0 radical (unpaired) electrons. The van der Waals surface area contributed by atoms with E-state index < -0.39 is 68.6 Å². The molecule has 1 aliphatic rings. The molecule has 20 heteroatoms. The van der Waals surface area contributed by atoms with Gasteiger partial charge in [-0.15, -0.1) is 0 Å². The summed E-state index contributed by atoms with van der Waals surface area (Å²) in [7, 11) is -2.23. The summed E-state index contributed by atoms with van der Waals surface area (Å²) in [4.78, 5) is 27.3. The highest BCUT2D eigenvalue weighted by atomic mass is 31.2. The van der Waals surface area contributed by atoms with Gasteiger partial charge >= 0.3 is 7.75 Å². The van der Waals surface area contributed by atoms with E-state index in [4.69, 9.17) is 10.5 Å². The van der Waals surface area contributed by atoms with Crippen LogP contribution in [0.2, 0.25) is 0 Å². The van der Waals surface area contributed by atoms with Crippen LogP contribution < -0.4 is 20.5 Å². The molecule has 1 fully saturated rings. The Hall–Kier alpha value is -4.03. The second kappa shape index (κ2) is 12.3. The first-order chi connectivity index (χ1) is 21.6. The van der Waals surface area contributed by atoms with Crippen LogP contribution in [-0.4, -0.2) is 85.8 Å². The number of aliphatic hydroxyl groups excluding tert-OH is 1. The molecule has 1 aromatic carbocycles. The van der Waals surface area contributed by atoms with Crippen LogP contribution in [0.4, 0.5) is 37.8 Å². The average Bonchev–Trinajstić information content (AvgIpc) is 3.39. The van der Waals surface area contributed by atoms with Gasteiger partial charge in [0, 0.05) is 25.6 Å².